The SMILES string of the molecule is [B]c1ccc2c(c1)CCC(C(=O)COC(=O)C1CCCN1C(=O)OC(C)(C)C)=C2. The number of ether oxygens (including phenoxy) is 2. The number of aryl methyl sites for hydroxylation is 1. The van der Waals surface area contributed by atoms with Gasteiger partial charge >= 0.3 is 12.1 Å². The molecule has 1 aliphatic carbocycles. The number of hydrogen-bond donors (Lipinski definition) is 0. The maximum Gasteiger partial charge on any atom is 0.411 e. The summed E-state index contributed by atoms with van der Waals surface area (Å²) in [7, 11) is 5.80. The summed E-state index contributed by atoms with van der Waals surface area (Å²) in [6.45, 7) is 5.44. The average Bonchev–Trinajstić information content (AvgIpc) is 3.14. The van der Waals surface area contributed by atoms with Crippen LogP contribution in [0.4, 0.5) is 4.79 Å². The number of Topliss-reactive ketones (excluding diaryl/α,β-unsaturated/α-hetero) is 1. The van der Waals surface area contributed by atoms with E-state index in [1.165, 1.54) is 4.90 Å². The van der Waals surface area contributed by atoms with Crippen LogP contribution in [-0.4, -0.2) is 55.4 Å². The summed E-state index contributed by atoms with van der Waals surface area (Å²) in [6.07, 6.45) is 3.80. The van der Waals surface area contributed by atoms with Crippen molar-refractivity contribution in [3.8, 4) is 0 Å². The van der Waals surface area contributed by atoms with Gasteiger partial charge in [-0.1, -0.05) is 23.7 Å². The summed E-state index contributed by atoms with van der Waals surface area (Å²) in [6, 6.07) is 4.90. The van der Waals surface area contributed by atoms with Crippen molar-refractivity contribution in [1.29, 1.82) is 0 Å². The number of likely N-dealkylation sites (tertiary alicyclic amines) is 1. The van der Waals surface area contributed by atoms with Crippen molar-refractivity contribution in [2.24, 2.45) is 0 Å². The highest BCUT2D eigenvalue weighted by Crippen LogP contribution is 2.25. The molecule has 1 aliphatic heterocycles. The van der Waals surface area contributed by atoms with Gasteiger partial charge in [-0.15, -0.1) is 0 Å². The second-order valence-electron chi connectivity index (χ2n) is 8.49. The lowest BCUT2D eigenvalue weighted by Crippen LogP contribution is -2.44. The first-order valence-electron chi connectivity index (χ1n) is 9.92. The third-order valence-corrected chi connectivity index (χ3v) is 5.02. The van der Waals surface area contributed by atoms with E-state index in [9.17, 15) is 14.4 Å². The molecule has 0 saturated carbocycles. The largest absolute Gasteiger partial charge is 0.456 e. The Morgan fingerprint density at radius 2 is 1.97 bits per heavy atom. The molecule has 1 amide bonds. The molecule has 6 nitrogen and oxygen atoms in total. The van der Waals surface area contributed by atoms with Gasteiger partial charge in [-0.25, -0.2) is 9.59 Å². The molecule has 1 aromatic rings. The van der Waals surface area contributed by atoms with Gasteiger partial charge in [-0.2, -0.15) is 0 Å². The Labute approximate surface area is 172 Å². The first-order valence-corrected chi connectivity index (χ1v) is 9.92. The summed E-state index contributed by atoms with van der Waals surface area (Å²) < 4.78 is 10.6. The van der Waals surface area contributed by atoms with Crippen LogP contribution in [0.25, 0.3) is 6.08 Å². The van der Waals surface area contributed by atoms with Gasteiger partial charge in [0.25, 0.3) is 0 Å². The van der Waals surface area contributed by atoms with E-state index >= 15 is 0 Å². The van der Waals surface area contributed by atoms with Crippen molar-refractivity contribution in [3.63, 3.8) is 0 Å². The van der Waals surface area contributed by atoms with E-state index in [2.05, 4.69) is 0 Å². The van der Waals surface area contributed by atoms with Crippen LogP contribution in [0.5, 0.6) is 0 Å². The number of nitrogens with zero attached hydrogens (tertiary/aromatic N) is 1. The number of benzene rings is 1. The van der Waals surface area contributed by atoms with E-state index in [4.69, 9.17) is 17.3 Å². The van der Waals surface area contributed by atoms with Gasteiger partial charge in [0.15, 0.2) is 12.4 Å². The molecular formula is C22H26BNO5. The number of esters is 1. The predicted octanol–water partition coefficient (Wildman–Crippen LogP) is 2.32. The summed E-state index contributed by atoms with van der Waals surface area (Å²) in [5.41, 5.74) is 2.76. The molecule has 1 aromatic carbocycles. The van der Waals surface area contributed by atoms with Gasteiger partial charge in [0, 0.05) is 6.54 Å². The van der Waals surface area contributed by atoms with Gasteiger partial charge in [0.1, 0.15) is 19.5 Å². The molecule has 1 heterocycles. The zero-order valence-electron chi connectivity index (χ0n) is 17.2. The van der Waals surface area contributed by atoms with Gasteiger partial charge in [-0.05, 0) is 69.2 Å². The summed E-state index contributed by atoms with van der Waals surface area (Å²) in [5.74, 6) is -0.783. The van der Waals surface area contributed by atoms with Crippen LogP contribution in [0.2, 0.25) is 0 Å². The molecule has 3 rings (SSSR count). The molecule has 2 radical (unpaired) electrons. The number of carbonyl (C=O) groups is 3. The summed E-state index contributed by atoms with van der Waals surface area (Å²) in [4.78, 5) is 38.7. The molecule has 1 saturated heterocycles. The maximum absolute atomic E-state index is 12.5. The fourth-order valence-corrected chi connectivity index (χ4v) is 3.61. The average molecular weight is 395 g/mol. The molecule has 0 spiro atoms. The Morgan fingerprint density at radius 1 is 1.21 bits per heavy atom. The van der Waals surface area contributed by atoms with Crippen molar-refractivity contribution in [1.82, 2.24) is 4.90 Å². The fourth-order valence-electron chi connectivity index (χ4n) is 3.61. The molecular weight excluding hydrogens is 369 g/mol. The molecule has 0 N–H and O–H groups in total. The van der Waals surface area contributed by atoms with E-state index in [0.29, 0.717) is 36.8 Å². The molecule has 152 valence electrons. The van der Waals surface area contributed by atoms with Crippen molar-refractivity contribution >= 4 is 37.2 Å². The molecule has 1 atom stereocenters. The zero-order valence-corrected chi connectivity index (χ0v) is 17.2. The fraction of sp³-hybridized carbons (Fsp3) is 0.500. The Bertz CT molecular complexity index is 855. The Hall–Kier alpha value is -2.57. The van der Waals surface area contributed by atoms with E-state index in [1.54, 1.807) is 26.8 Å². The van der Waals surface area contributed by atoms with Crippen LogP contribution >= 0.6 is 0 Å². The van der Waals surface area contributed by atoms with E-state index in [-0.39, 0.29) is 12.4 Å². The number of amides is 1. The van der Waals surface area contributed by atoms with E-state index in [0.717, 1.165) is 17.5 Å². The lowest BCUT2D eigenvalue weighted by atomic mass is 9.85. The number of ketones is 1. The minimum atomic E-state index is -0.707. The van der Waals surface area contributed by atoms with E-state index < -0.39 is 23.7 Å². The van der Waals surface area contributed by atoms with Crippen LogP contribution in [-0.2, 0) is 25.5 Å². The highest BCUT2D eigenvalue weighted by molar-refractivity contribution is 6.32. The second kappa shape index (κ2) is 8.43. The van der Waals surface area contributed by atoms with E-state index in [1.807, 2.05) is 18.2 Å². The van der Waals surface area contributed by atoms with Crippen LogP contribution in [0.3, 0.4) is 0 Å². The van der Waals surface area contributed by atoms with Crippen molar-refractivity contribution in [3.05, 3.63) is 34.9 Å². The van der Waals surface area contributed by atoms with Crippen LogP contribution in [0, 0.1) is 0 Å². The standard InChI is InChI=1S/C22H26BNO5/c1-22(2,3)29-21(27)24-10-4-5-18(24)20(26)28-13-19(25)16-7-6-15-12-17(23)9-8-14(15)11-16/h8-9,11-12,18H,4-7,10,13H2,1-3H3. The Kier molecular flexibility index (Phi) is 6.15. The number of carbonyl (C=O) groups excluding carboxylic acids is 3. The third kappa shape index (κ3) is 5.28. The maximum atomic E-state index is 12.5. The molecule has 2 aliphatic rings. The van der Waals surface area contributed by atoms with Gasteiger partial charge in [-0.3, -0.25) is 9.69 Å². The summed E-state index contributed by atoms with van der Waals surface area (Å²) in [5, 5.41) is 0. The topological polar surface area (TPSA) is 72.9 Å². The smallest absolute Gasteiger partial charge is 0.411 e. The quantitative estimate of drug-likeness (QED) is 0.578. The number of rotatable bonds is 4. The van der Waals surface area contributed by atoms with Gasteiger partial charge in [0.2, 0.25) is 0 Å². The normalized spacial score (nSPS) is 18.7. The van der Waals surface area contributed by atoms with Crippen LogP contribution in [0.15, 0.2) is 23.8 Å². The molecule has 1 unspecified atom stereocenters. The molecule has 1 fully saturated rings. The van der Waals surface area contributed by atoms with Gasteiger partial charge in [0.05, 0.1) is 0 Å². The number of hydrogen-bond acceptors (Lipinski definition) is 5. The predicted molar refractivity (Wildman–Crippen MR) is 110 cm³/mol. The first kappa shape index (κ1) is 21.2. The highest BCUT2D eigenvalue weighted by atomic mass is 16.6. The van der Waals surface area contributed by atoms with Crippen LogP contribution < -0.4 is 5.46 Å². The monoisotopic (exact) mass is 395 g/mol. The van der Waals surface area contributed by atoms with Crippen molar-refractivity contribution in [2.75, 3.05) is 13.2 Å². The number of fused-ring (bicyclic) bond motifs is 1. The first-order chi connectivity index (χ1) is 13.6. The highest BCUT2D eigenvalue weighted by Gasteiger charge is 2.37. The lowest BCUT2D eigenvalue weighted by molar-refractivity contribution is -0.151. The van der Waals surface area contributed by atoms with Crippen molar-refractivity contribution in [2.45, 2.75) is 58.1 Å². The minimum absolute atomic E-state index is 0.220. The molecule has 0 bridgehead atoms. The van der Waals surface area contributed by atoms with Crippen molar-refractivity contribution < 1.29 is 23.9 Å². The molecule has 7 heteroatoms. The van der Waals surface area contributed by atoms with Gasteiger partial charge < -0.3 is 9.47 Å². The minimum Gasteiger partial charge on any atom is -0.456 e. The molecule has 29 heavy (non-hydrogen) atoms. The second-order valence-corrected chi connectivity index (χ2v) is 8.49. The van der Waals surface area contributed by atoms with Crippen LogP contribution in [0.1, 0.15) is 51.2 Å². The Balaban J connectivity index is 1.58. The third-order valence-electron chi connectivity index (χ3n) is 5.02. The lowest BCUT2D eigenvalue weighted by Gasteiger charge is -2.27. The molecule has 0 aromatic heterocycles. The Morgan fingerprint density at radius 3 is 2.69 bits per heavy atom. The summed E-state index contributed by atoms with van der Waals surface area (Å²) >= 11 is 0. The zero-order chi connectivity index (χ0) is 21.2.